The van der Waals surface area contributed by atoms with Gasteiger partial charge in [0.05, 0.1) is 25.2 Å². The molecule has 0 spiro atoms. The van der Waals surface area contributed by atoms with E-state index >= 15 is 0 Å². The Labute approximate surface area is 159 Å². The highest BCUT2D eigenvalue weighted by Gasteiger charge is 2.16. The summed E-state index contributed by atoms with van der Waals surface area (Å²) in [5.41, 5.74) is 1.46. The van der Waals surface area contributed by atoms with E-state index in [0.717, 1.165) is 11.3 Å². The molecule has 0 aliphatic rings. The van der Waals surface area contributed by atoms with Crippen LogP contribution in [0.3, 0.4) is 0 Å². The normalized spacial score (nSPS) is 11.0. The van der Waals surface area contributed by atoms with Crippen molar-refractivity contribution in [2.45, 2.75) is 13.3 Å². The summed E-state index contributed by atoms with van der Waals surface area (Å²) in [6.45, 7) is 1.90. The fourth-order valence-electron chi connectivity index (χ4n) is 2.14. The van der Waals surface area contributed by atoms with Gasteiger partial charge in [-0.05, 0) is 31.2 Å². The number of aromatic nitrogens is 1. The van der Waals surface area contributed by atoms with Gasteiger partial charge in [0.15, 0.2) is 4.80 Å². The first-order valence-corrected chi connectivity index (χ1v) is 8.79. The van der Waals surface area contributed by atoms with E-state index in [-0.39, 0.29) is 18.9 Å². The highest BCUT2D eigenvalue weighted by molar-refractivity contribution is 7.11. The number of hydrogen-bond acceptors (Lipinski definition) is 6. The second-order valence-corrected chi connectivity index (χ2v) is 6.52. The third-order valence-corrected chi connectivity index (χ3v) is 5.05. The van der Waals surface area contributed by atoms with Crippen LogP contribution in [-0.2, 0) is 16.6 Å². The number of nitrogens with one attached hydrogen (secondary N) is 1. The van der Waals surface area contributed by atoms with Crippen LogP contribution < -0.4 is 10.1 Å². The van der Waals surface area contributed by atoms with Crippen LogP contribution in [-0.4, -0.2) is 36.0 Å². The Kier molecular flexibility index (Phi) is 6.62. The summed E-state index contributed by atoms with van der Waals surface area (Å²) in [6, 6.07) is 8.14. The van der Waals surface area contributed by atoms with Crippen molar-refractivity contribution in [3.8, 4) is 6.07 Å². The number of carbonyl (C=O) groups excluding carboxylic acids is 3. The van der Waals surface area contributed by atoms with Crippen LogP contribution >= 0.6 is 11.3 Å². The largest absolute Gasteiger partial charge is 0.469 e. The molecule has 0 aliphatic carbocycles. The van der Waals surface area contributed by atoms with Crippen LogP contribution in [0.1, 0.15) is 37.7 Å². The first kappa shape index (κ1) is 20.1. The number of nitriles is 1. The molecule has 2 rings (SSSR count). The smallest absolute Gasteiger partial charge is 0.307 e. The molecule has 1 aromatic carbocycles. The lowest BCUT2D eigenvalue weighted by molar-refractivity contribution is -0.140. The van der Waals surface area contributed by atoms with Gasteiger partial charge >= 0.3 is 5.97 Å². The van der Waals surface area contributed by atoms with Gasteiger partial charge in [-0.3, -0.25) is 14.4 Å². The van der Waals surface area contributed by atoms with Crippen molar-refractivity contribution in [1.82, 2.24) is 9.88 Å². The zero-order valence-electron chi connectivity index (χ0n) is 15.1. The number of thiazole rings is 1. The Bertz CT molecular complexity index is 980. The molecular formula is C18H18N4O4S. The zero-order chi connectivity index (χ0) is 20.0. The van der Waals surface area contributed by atoms with Crippen LogP contribution in [0.25, 0.3) is 0 Å². The van der Waals surface area contributed by atoms with E-state index in [0.29, 0.717) is 26.5 Å². The molecule has 1 heterocycles. The summed E-state index contributed by atoms with van der Waals surface area (Å²) >= 11 is 1.08. The van der Waals surface area contributed by atoms with Gasteiger partial charge in [-0.1, -0.05) is 11.3 Å². The number of esters is 1. The molecule has 0 saturated carbocycles. The van der Waals surface area contributed by atoms with Crippen molar-refractivity contribution in [2.75, 3.05) is 13.7 Å². The van der Waals surface area contributed by atoms with Gasteiger partial charge < -0.3 is 14.6 Å². The average molecular weight is 386 g/mol. The maximum Gasteiger partial charge on any atom is 0.307 e. The van der Waals surface area contributed by atoms with Gasteiger partial charge in [0.25, 0.3) is 11.8 Å². The minimum atomic E-state index is -0.464. The highest BCUT2D eigenvalue weighted by Crippen LogP contribution is 2.11. The van der Waals surface area contributed by atoms with Gasteiger partial charge in [0, 0.05) is 24.8 Å². The lowest BCUT2D eigenvalue weighted by Gasteiger charge is -2.03. The van der Waals surface area contributed by atoms with Crippen molar-refractivity contribution >= 4 is 29.1 Å². The van der Waals surface area contributed by atoms with Gasteiger partial charge in [-0.2, -0.15) is 10.3 Å². The lowest BCUT2D eigenvalue weighted by atomic mass is 10.1. The average Bonchev–Trinajstić information content (AvgIpc) is 2.96. The van der Waals surface area contributed by atoms with E-state index in [1.807, 2.05) is 6.07 Å². The van der Waals surface area contributed by atoms with Crippen molar-refractivity contribution in [3.63, 3.8) is 0 Å². The molecular weight excluding hydrogens is 368 g/mol. The van der Waals surface area contributed by atoms with Gasteiger partial charge in [0.2, 0.25) is 0 Å². The predicted molar refractivity (Wildman–Crippen MR) is 98.0 cm³/mol. The molecule has 0 fully saturated rings. The number of hydrogen-bond donors (Lipinski definition) is 1. The molecule has 8 nitrogen and oxygen atoms in total. The number of nitrogens with zero attached hydrogens (tertiary/aromatic N) is 3. The summed E-state index contributed by atoms with van der Waals surface area (Å²) < 4.78 is 6.18. The Morgan fingerprint density at radius 2 is 1.96 bits per heavy atom. The van der Waals surface area contributed by atoms with E-state index in [1.165, 1.54) is 19.2 Å². The van der Waals surface area contributed by atoms with Gasteiger partial charge in [-0.15, -0.1) is 0 Å². The standard InChI is InChI=1S/C18H18N4O4S/c1-11-15(17(25)20-9-8-14(23)26-3)27-18(22(11)2)21-16(24)13-6-4-12(10-19)5-7-13/h4-7H,8-9H2,1-3H3,(H,20,25). The molecule has 0 bridgehead atoms. The molecule has 0 unspecified atom stereocenters. The maximum absolute atomic E-state index is 12.3. The molecule has 2 amide bonds. The number of carbonyl (C=O) groups is 3. The molecule has 0 atom stereocenters. The molecule has 140 valence electrons. The Hall–Kier alpha value is -3.25. The van der Waals surface area contributed by atoms with E-state index in [4.69, 9.17) is 5.26 Å². The third kappa shape index (κ3) is 4.89. The molecule has 27 heavy (non-hydrogen) atoms. The number of methoxy groups -OCH3 is 1. The van der Waals surface area contributed by atoms with Crippen LogP contribution in [0.15, 0.2) is 29.3 Å². The van der Waals surface area contributed by atoms with E-state index in [2.05, 4.69) is 15.0 Å². The monoisotopic (exact) mass is 386 g/mol. The quantitative estimate of drug-likeness (QED) is 0.778. The number of benzene rings is 1. The van der Waals surface area contributed by atoms with E-state index < -0.39 is 11.9 Å². The second-order valence-electron chi connectivity index (χ2n) is 5.55. The fourth-order valence-corrected chi connectivity index (χ4v) is 3.17. The maximum atomic E-state index is 12.3. The summed E-state index contributed by atoms with van der Waals surface area (Å²) in [4.78, 5) is 40.6. The van der Waals surface area contributed by atoms with Crippen molar-refractivity contribution in [2.24, 2.45) is 12.0 Å². The molecule has 0 radical (unpaired) electrons. The van der Waals surface area contributed by atoms with Crippen molar-refractivity contribution < 1.29 is 19.1 Å². The van der Waals surface area contributed by atoms with Crippen molar-refractivity contribution in [3.05, 3.63) is 50.8 Å². The van der Waals surface area contributed by atoms with E-state index in [1.54, 1.807) is 30.7 Å². The van der Waals surface area contributed by atoms with Crippen LogP contribution in [0, 0.1) is 18.3 Å². The molecule has 1 N–H and O–H groups in total. The van der Waals surface area contributed by atoms with E-state index in [9.17, 15) is 14.4 Å². The topological polar surface area (TPSA) is 114 Å². The highest BCUT2D eigenvalue weighted by atomic mass is 32.1. The van der Waals surface area contributed by atoms with Crippen molar-refractivity contribution in [1.29, 1.82) is 5.26 Å². The zero-order valence-corrected chi connectivity index (χ0v) is 15.9. The molecule has 2 aromatic rings. The Balaban J connectivity index is 2.21. The number of rotatable bonds is 5. The SMILES string of the molecule is COC(=O)CCNC(=O)c1sc(=NC(=O)c2ccc(C#N)cc2)n(C)c1C. The summed E-state index contributed by atoms with van der Waals surface area (Å²) in [7, 11) is 2.99. The number of ether oxygens (including phenoxy) is 1. The van der Waals surface area contributed by atoms with Crippen LogP contribution in [0.2, 0.25) is 0 Å². The fraction of sp³-hybridized carbons (Fsp3) is 0.278. The predicted octanol–water partition coefficient (Wildman–Crippen LogP) is 1.30. The summed E-state index contributed by atoms with van der Waals surface area (Å²) in [6.07, 6.45) is 0.0766. The Morgan fingerprint density at radius 3 is 2.56 bits per heavy atom. The summed E-state index contributed by atoms with van der Waals surface area (Å²) in [5, 5.41) is 11.4. The Morgan fingerprint density at radius 1 is 1.30 bits per heavy atom. The molecule has 1 aromatic heterocycles. The van der Waals surface area contributed by atoms with Crippen LogP contribution in [0.5, 0.6) is 0 Å². The number of amides is 2. The van der Waals surface area contributed by atoms with Gasteiger partial charge in [0.1, 0.15) is 4.88 Å². The first-order chi connectivity index (χ1) is 12.9. The van der Waals surface area contributed by atoms with Gasteiger partial charge in [-0.25, -0.2) is 0 Å². The minimum Gasteiger partial charge on any atom is -0.469 e. The van der Waals surface area contributed by atoms with Crippen LogP contribution in [0.4, 0.5) is 0 Å². The first-order valence-electron chi connectivity index (χ1n) is 7.98. The third-order valence-electron chi connectivity index (χ3n) is 3.82. The lowest BCUT2D eigenvalue weighted by Crippen LogP contribution is -2.26. The molecule has 0 saturated heterocycles. The summed E-state index contributed by atoms with van der Waals surface area (Å²) in [5.74, 6) is -1.22. The second kappa shape index (κ2) is 8.91. The molecule has 9 heteroatoms. The molecule has 0 aliphatic heterocycles. The minimum absolute atomic E-state index is 0.0766.